The molecule has 0 aromatic rings. The van der Waals surface area contributed by atoms with Crippen LogP contribution in [0.2, 0.25) is 37.5 Å². The van der Waals surface area contributed by atoms with Gasteiger partial charge in [-0.1, -0.05) is 0 Å². The van der Waals surface area contributed by atoms with Crippen molar-refractivity contribution in [2.24, 2.45) is 0 Å². The van der Waals surface area contributed by atoms with E-state index >= 15 is 0 Å². The summed E-state index contributed by atoms with van der Waals surface area (Å²) in [5.41, 5.74) is 1.39. The lowest BCUT2D eigenvalue weighted by Gasteiger charge is -2.39. The van der Waals surface area contributed by atoms with Crippen molar-refractivity contribution >= 4 is 34.2 Å². The van der Waals surface area contributed by atoms with Crippen LogP contribution in [0.3, 0.4) is 0 Å². The smallest absolute Gasteiger partial charge is 0.455 e. The summed E-state index contributed by atoms with van der Waals surface area (Å²) in [5, 5.41) is 0. The SMILES string of the molecule is CO[Si](C[Si](C)(C)O[Si](C)(C)C[Si](OC)(OC)OC)(OC)OC. The Morgan fingerprint density at radius 1 is 0.478 bits per heavy atom. The Morgan fingerprint density at radius 3 is 0.870 bits per heavy atom. The van der Waals surface area contributed by atoms with E-state index in [0.717, 1.165) is 0 Å². The summed E-state index contributed by atoms with van der Waals surface area (Å²) in [7, 11) is 0.318. The molecule has 0 N–H and O–H groups in total. The Bertz CT molecular complexity index is 298. The van der Waals surface area contributed by atoms with Gasteiger partial charge < -0.3 is 30.7 Å². The van der Waals surface area contributed by atoms with Crippen LogP contribution in [0, 0.1) is 0 Å². The molecule has 0 radical (unpaired) electrons. The van der Waals surface area contributed by atoms with Crippen LogP contribution in [0.15, 0.2) is 0 Å². The molecule has 0 saturated heterocycles. The van der Waals surface area contributed by atoms with Gasteiger partial charge in [-0.05, 0) is 26.2 Å². The minimum absolute atomic E-state index is 0.696. The minimum atomic E-state index is -2.66. The molecule has 0 rings (SSSR count). The van der Waals surface area contributed by atoms with Crippen molar-refractivity contribution in [1.29, 1.82) is 0 Å². The summed E-state index contributed by atoms with van der Waals surface area (Å²) in [6.45, 7) is 8.65. The lowest BCUT2D eigenvalue weighted by Crippen LogP contribution is -2.57. The molecule has 0 unspecified atom stereocenters. The maximum absolute atomic E-state index is 6.61. The molecule has 0 spiro atoms. The first-order valence-corrected chi connectivity index (χ1v) is 17.6. The maximum Gasteiger partial charge on any atom is 0.499 e. The molecule has 0 atom stereocenters. The molecular formula is C12H34O7Si4. The highest BCUT2D eigenvalue weighted by atomic mass is 28.5. The summed E-state index contributed by atoms with van der Waals surface area (Å²) < 4.78 is 39.9. The van der Waals surface area contributed by atoms with Gasteiger partial charge in [0.25, 0.3) is 0 Å². The van der Waals surface area contributed by atoms with E-state index in [4.69, 9.17) is 30.7 Å². The molecule has 0 aliphatic heterocycles. The second-order valence-corrected chi connectivity index (χ2v) is 22.4. The molecule has 0 aliphatic carbocycles. The Hall–Kier alpha value is 0.588. The van der Waals surface area contributed by atoms with Gasteiger partial charge in [0.2, 0.25) is 0 Å². The second kappa shape index (κ2) is 9.33. The third-order valence-electron chi connectivity index (χ3n) is 3.70. The lowest BCUT2D eigenvalue weighted by atomic mass is 11.8. The van der Waals surface area contributed by atoms with E-state index in [1.165, 1.54) is 0 Å². The Balaban J connectivity index is 5.12. The van der Waals surface area contributed by atoms with Gasteiger partial charge in [-0.2, -0.15) is 0 Å². The summed E-state index contributed by atoms with van der Waals surface area (Å²) in [5.74, 6) is 0. The van der Waals surface area contributed by atoms with E-state index in [0.29, 0.717) is 11.3 Å². The van der Waals surface area contributed by atoms with Gasteiger partial charge in [-0.25, -0.2) is 0 Å². The number of rotatable bonds is 12. The zero-order valence-corrected chi connectivity index (χ0v) is 20.3. The van der Waals surface area contributed by atoms with E-state index in [2.05, 4.69) is 26.2 Å². The van der Waals surface area contributed by atoms with E-state index in [9.17, 15) is 0 Å². The monoisotopic (exact) mass is 402 g/mol. The average molecular weight is 403 g/mol. The van der Waals surface area contributed by atoms with Crippen molar-refractivity contribution in [3.63, 3.8) is 0 Å². The fourth-order valence-electron chi connectivity index (χ4n) is 2.80. The van der Waals surface area contributed by atoms with Crippen LogP contribution >= 0.6 is 0 Å². The van der Waals surface area contributed by atoms with Crippen LogP contribution in [0.4, 0.5) is 0 Å². The van der Waals surface area contributed by atoms with Gasteiger partial charge in [-0.3, -0.25) is 0 Å². The fourth-order valence-corrected chi connectivity index (χ4v) is 23.5. The van der Waals surface area contributed by atoms with Crippen molar-refractivity contribution in [2.75, 3.05) is 42.7 Å². The number of hydrogen-bond acceptors (Lipinski definition) is 7. The minimum Gasteiger partial charge on any atom is -0.455 e. The highest BCUT2D eigenvalue weighted by Gasteiger charge is 2.51. The highest BCUT2D eigenvalue weighted by Crippen LogP contribution is 2.30. The predicted octanol–water partition coefficient (Wildman–Crippen LogP) is 2.25. The van der Waals surface area contributed by atoms with Crippen LogP contribution in [0.5, 0.6) is 0 Å². The zero-order valence-electron chi connectivity index (χ0n) is 16.3. The summed E-state index contributed by atoms with van der Waals surface area (Å²) in [6.07, 6.45) is 0. The molecule has 0 fully saturated rings. The molecule has 0 aliphatic rings. The second-order valence-electron chi connectivity index (χ2n) is 6.57. The molecule has 0 aromatic heterocycles. The zero-order chi connectivity index (χ0) is 18.4. The number of hydrogen-bond donors (Lipinski definition) is 0. The van der Waals surface area contributed by atoms with Gasteiger partial charge in [0.15, 0.2) is 16.6 Å². The van der Waals surface area contributed by atoms with E-state index < -0.39 is 34.2 Å². The largest absolute Gasteiger partial charge is 0.499 e. The van der Waals surface area contributed by atoms with Gasteiger partial charge in [0.05, 0.1) is 0 Å². The molecule has 7 nitrogen and oxygen atoms in total. The molecule has 0 saturated carbocycles. The predicted molar refractivity (Wildman–Crippen MR) is 99.2 cm³/mol. The molecule has 0 bridgehead atoms. The molecule has 140 valence electrons. The third-order valence-corrected chi connectivity index (χ3v) is 22.1. The van der Waals surface area contributed by atoms with E-state index in [1.807, 2.05) is 0 Å². The van der Waals surface area contributed by atoms with Crippen molar-refractivity contribution in [3.8, 4) is 0 Å². The first-order valence-electron chi connectivity index (χ1n) is 7.50. The highest BCUT2D eigenvalue weighted by molar-refractivity contribution is 6.94. The fraction of sp³-hybridized carbons (Fsp3) is 1.00. The molecule has 0 heterocycles. The first-order chi connectivity index (χ1) is 10.5. The van der Waals surface area contributed by atoms with Gasteiger partial charge >= 0.3 is 17.6 Å². The van der Waals surface area contributed by atoms with Crippen LogP contribution in [0.1, 0.15) is 0 Å². The lowest BCUT2D eigenvalue weighted by molar-refractivity contribution is 0.127. The summed E-state index contributed by atoms with van der Waals surface area (Å²) in [4.78, 5) is 0. The van der Waals surface area contributed by atoms with E-state index in [-0.39, 0.29) is 0 Å². The van der Waals surface area contributed by atoms with Gasteiger partial charge in [0.1, 0.15) is 0 Å². The van der Waals surface area contributed by atoms with Crippen LogP contribution in [-0.2, 0) is 30.7 Å². The molecule has 23 heavy (non-hydrogen) atoms. The van der Waals surface area contributed by atoms with Crippen molar-refractivity contribution in [2.45, 2.75) is 37.5 Å². The molecule has 0 amide bonds. The molecule has 0 aromatic carbocycles. The van der Waals surface area contributed by atoms with Crippen molar-refractivity contribution in [3.05, 3.63) is 0 Å². The van der Waals surface area contributed by atoms with Crippen LogP contribution < -0.4 is 0 Å². The third kappa shape index (κ3) is 7.15. The maximum atomic E-state index is 6.61. The summed E-state index contributed by atoms with van der Waals surface area (Å²) in [6, 6.07) is 0. The van der Waals surface area contributed by atoms with Crippen molar-refractivity contribution in [1.82, 2.24) is 0 Å². The Kier molecular flexibility index (Phi) is 9.57. The standard InChI is InChI=1S/C12H34O7Si4/c1-13-22(14-2,15-3)11-20(7,8)19-21(9,10)12-23(16-4,17-5)18-6/h11-12H2,1-10H3. The average Bonchev–Trinajstić information content (AvgIpc) is 2.49. The van der Waals surface area contributed by atoms with Crippen molar-refractivity contribution < 1.29 is 30.7 Å². The Morgan fingerprint density at radius 2 is 0.696 bits per heavy atom. The normalized spacial score (nSPS) is 14.3. The summed E-state index contributed by atoms with van der Waals surface area (Å²) >= 11 is 0. The van der Waals surface area contributed by atoms with E-state index in [1.54, 1.807) is 42.7 Å². The molecular weight excluding hydrogens is 368 g/mol. The molecule has 11 heteroatoms. The van der Waals surface area contributed by atoms with Crippen LogP contribution in [0.25, 0.3) is 0 Å². The Labute approximate surface area is 145 Å². The quantitative estimate of drug-likeness (QED) is 0.464. The van der Waals surface area contributed by atoms with Crippen LogP contribution in [-0.4, -0.2) is 76.9 Å². The van der Waals surface area contributed by atoms with Gasteiger partial charge in [-0.15, -0.1) is 0 Å². The first kappa shape index (κ1) is 23.6. The topological polar surface area (TPSA) is 64.6 Å². The van der Waals surface area contributed by atoms with Gasteiger partial charge in [0, 0.05) is 54.0 Å².